The van der Waals surface area contributed by atoms with Crippen LogP contribution in [0.25, 0.3) is 0 Å². The van der Waals surface area contributed by atoms with Crippen LogP contribution in [0.3, 0.4) is 0 Å². The van der Waals surface area contributed by atoms with Crippen molar-refractivity contribution in [3.8, 4) is 11.5 Å². The molecule has 1 fully saturated rings. The molecule has 0 saturated carbocycles. The van der Waals surface area contributed by atoms with Crippen LogP contribution < -0.4 is 15.4 Å². The molecule has 7 heteroatoms. The number of benzene rings is 2. The second-order valence-electron chi connectivity index (χ2n) is 5.90. The number of nitrogens with one attached hydrogen (secondary N) is 2. The van der Waals surface area contributed by atoms with Gasteiger partial charge in [-0.1, -0.05) is 24.3 Å². The van der Waals surface area contributed by atoms with Crippen LogP contribution in [-0.4, -0.2) is 31.7 Å². The standard InChI is InChI=1S/C19H21FN2O3.ClH/c1-13(22-19(23)18-12-21-9-10-24-18)14-7-8-17(16(20)11-14)25-15-5-3-2-4-6-15;/h2-8,11,13,18,21H,9-10,12H2,1H3,(H,22,23);1H. The van der Waals surface area contributed by atoms with Gasteiger partial charge in [0, 0.05) is 13.1 Å². The first kappa shape index (κ1) is 20.2. The number of amides is 1. The van der Waals surface area contributed by atoms with Gasteiger partial charge in [-0.15, -0.1) is 12.4 Å². The first-order chi connectivity index (χ1) is 12.1. The van der Waals surface area contributed by atoms with Crippen LogP contribution >= 0.6 is 12.4 Å². The van der Waals surface area contributed by atoms with Gasteiger partial charge in [0.2, 0.25) is 0 Å². The monoisotopic (exact) mass is 380 g/mol. The first-order valence-corrected chi connectivity index (χ1v) is 8.28. The van der Waals surface area contributed by atoms with E-state index in [1.54, 1.807) is 31.2 Å². The zero-order valence-corrected chi connectivity index (χ0v) is 15.2. The summed E-state index contributed by atoms with van der Waals surface area (Å²) < 4.78 is 25.3. The smallest absolute Gasteiger partial charge is 0.250 e. The molecule has 2 aromatic carbocycles. The zero-order chi connectivity index (χ0) is 17.6. The fourth-order valence-corrected chi connectivity index (χ4v) is 2.61. The molecule has 1 amide bonds. The fourth-order valence-electron chi connectivity index (χ4n) is 2.61. The van der Waals surface area contributed by atoms with Crippen LogP contribution in [0.2, 0.25) is 0 Å². The minimum absolute atomic E-state index is 0. The van der Waals surface area contributed by atoms with Crippen LogP contribution in [0.4, 0.5) is 4.39 Å². The van der Waals surface area contributed by atoms with E-state index in [1.807, 2.05) is 18.2 Å². The maximum atomic E-state index is 14.3. The van der Waals surface area contributed by atoms with Gasteiger partial charge in [0.05, 0.1) is 12.6 Å². The van der Waals surface area contributed by atoms with E-state index < -0.39 is 11.9 Å². The van der Waals surface area contributed by atoms with Crippen LogP contribution in [-0.2, 0) is 9.53 Å². The van der Waals surface area contributed by atoms with Crippen LogP contribution in [0.15, 0.2) is 48.5 Å². The summed E-state index contributed by atoms with van der Waals surface area (Å²) in [6.07, 6.45) is -0.512. The van der Waals surface area contributed by atoms with E-state index in [-0.39, 0.29) is 30.1 Å². The van der Waals surface area contributed by atoms with Gasteiger partial charge in [0.1, 0.15) is 11.9 Å². The lowest BCUT2D eigenvalue weighted by molar-refractivity contribution is -0.134. The van der Waals surface area contributed by atoms with E-state index >= 15 is 0 Å². The van der Waals surface area contributed by atoms with E-state index in [0.717, 1.165) is 6.54 Å². The summed E-state index contributed by atoms with van der Waals surface area (Å²) in [6.45, 7) is 3.54. The number of ether oxygens (including phenoxy) is 2. The minimum atomic E-state index is -0.512. The molecule has 0 aromatic heterocycles. The lowest BCUT2D eigenvalue weighted by atomic mass is 10.1. The first-order valence-electron chi connectivity index (χ1n) is 8.28. The Kier molecular flexibility index (Phi) is 7.38. The molecule has 0 aliphatic carbocycles. The van der Waals surface area contributed by atoms with Crippen molar-refractivity contribution >= 4 is 18.3 Å². The van der Waals surface area contributed by atoms with Gasteiger partial charge in [-0.05, 0) is 36.8 Å². The van der Waals surface area contributed by atoms with Crippen molar-refractivity contribution in [2.45, 2.75) is 19.1 Å². The van der Waals surface area contributed by atoms with E-state index in [1.165, 1.54) is 6.07 Å². The number of carbonyl (C=O) groups is 1. The molecule has 2 atom stereocenters. The third kappa shape index (κ3) is 5.17. The van der Waals surface area contributed by atoms with Gasteiger partial charge in [-0.2, -0.15) is 0 Å². The number of morpholine rings is 1. The largest absolute Gasteiger partial charge is 0.454 e. The van der Waals surface area contributed by atoms with E-state index in [9.17, 15) is 9.18 Å². The van der Waals surface area contributed by atoms with Crippen molar-refractivity contribution < 1.29 is 18.7 Å². The van der Waals surface area contributed by atoms with Crippen molar-refractivity contribution in [3.63, 3.8) is 0 Å². The molecule has 1 aliphatic rings. The average Bonchev–Trinajstić information content (AvgIpc) is 2.65. The van der Waals surface area contributed by atoms with E-state index in [0.29, 0.717) is 24.5 Å². The maximum Gasteiger partial charge on any atom is 0.250 e. The van der Waals surface area contributed by atoms with Gasteiger partial charge < -0.3 is 20.1 Å². The van der Waals surface area contributed by atoms with Crippen molar-refractivity contribution in [1.29, 1.82) is 0 Å². The molecule has 1 heterocycles. The highest BCUT2D eigenvalue weighted by Gasteiger charge is 2.23. The molecule has 2 unspecified atom stereocenters. The molecule has 5 nitrogen and oxygen atoms in total. The summed E-state index contributed by atoms with van der Waals surface area (Å²) in [5.74, 6) is 0.0356. The quantitative estimate of drug-likeness (QED) is 0.836. The van der Waals surface area contributed by atoms with Crippen molar-refractivity contribution in [2.75, 3.05) is 19.7 Å². The summed E-state index contributed by atoms with van der Waals surface area (Å²) in [5.41, 5.74) is 0.662. The molecule has 140 valence electrons. The topological polar surface area (TPSA) is 59.6 Å². The summed E-state index contributed by atoms with van der Waals surface area (Å²) in [7, 11) is 0. The lowest BCUT2D eigenvalue weighted by Gasteiger charge is -2.24. The summed E-state index contributed by atoms with van der Waals surface area (Å²) in [6, 6.07) is 13.4. The number of carbonyl (C=O) groups excluding carboxylic acids is 1. The summed E-state index contributed by atoms with van der Waals surface area (Å²) in [4.78, 5) is 12.2. The van der Waals surface area contributed by atoms with Crippen LogP contribution in [0.5, 0.6) is 11.5 Å². The molecule has 0 spiro atoms. The predicted molar refractivity (Wildman–Crippen MR) is 99.3 cm³/mol. The van der Waals surface area contributed by atoms with Crippen molar-refractivity contribution in [1.82, 2.24) is 10.6 Å². The highest BCUT2D eigenvalue weighted by molar-refractivity contribution is 5.85. The second kappa shape index (κ2) is 9.52. The average molecular weight is 381 g/mol. The predicted octanol–water partition coefficient (Wildman–Crippen LogP) is 3.21. The Balaban J connectivity index is 0.00000243. The zero-order valence-electron chi connectivity index (χ0n) is 14.4. The molecule has 3 rings (SSSR count). The Hall–Kier alpha value is -2.15. The van der Waals surface area contributed by atoms with Gasteiger partial charge in [0.15, 0.2) is 11.6 Å². The van der Waals surface area contributed by atoms with E-state index in [4.69, 9.17) is 9.47 Å². The molecule has 1 saturated heterocycles. The number of rotatable bonds is 5. The number of halogens is 2. The number of para-hydroxylation sites is 1. The lowest BCUT2D eigenvalue weighted by Crippen LogP contribution is -2.48. The molecule has 2 aromatic rings. The molecule has 26 heavy (non-hydrogen) atoms. The fraction of sp³-hybridized carbons (Fsp3) is 0.316. The summed E-state index contributed by atoms with van der Waals surface area (Å²) >= 11 is 0. The summed E-state index contributed by atoms with van der Waals surface area (Å²) in [5, 5.41) is 5.96. The maximum absolute atomic E-state index is 14.3. The van der Waals surface area contributed by atoms with Gasteiger partial charge in [0.25, 0.3) is 5.91 Å². The molecular weight excluding hydrogens is 359 g/mol. The Morgan fingerprint density at radius 1 is 1.31 bits per heavy atom. The third-order valence-electron chi connectivity index (χ3n) is 4.01. The Labute approximate surface area is 158 Å². The van der Waals surface area contributed by atoms with Gasteiger partial charge in [-0.3, -0.25) is 4.79 Å². The third-order valence-corrected chi connectivity index (χ3v) is 4.01. The highest BCUT2D eigenvalue weighted by Crippen LogP contribution is 2.26. The number of hydrogen-bond donors (Lipinski definition) is 2. The molecule has 0 radical (unpaired) electrons. The van der Waals surface area contributed by atoms with Crippen molar-refractivity contribution in [3.05, 3.63) is 59.9 Å². The van der Waals surface area contributed by atoms with Gasteiger partial charge >= 0.3 is 0 Å². The molecule has 1 aliphatic heterocycles. The number of hydrogen-bond acceptors (Lipinski definition) is 4. The SMILES string of the molecule is CC(NC(=O)C1CNCCO1)c1ccc(Oc2ccccc2)c(F)c1.Cl. The Morgan fingerprint density at radius 2 is 2.08 bits per heavy atom. The molecule has 2 N–H and O–H groups in total. The molecule has 0 bridgehead atoms. The Morgan fingerprint density at radius 3 is 2.73 bits per heavy atom. The second-order valence-corrected chi connectivity index (χ2v) is 5.90. The Bertz CT molecular complexity index is 724. The molecular formula is C19H22ClFN2O3. The highest BCUT2D eigenvalue weighted by atomic mass is 35.5. The van der Waals surface area contributed by atoms with Crippen LogP contribution in [0, 0.1) is 5.82 Å². The normalized spacial score (nSPS) is 17.7. The minimum Gasteiger partial charge on any atom is -0.454 e. The van der Waals surface area contributed by atoms with Gasteiger partial charge in [-0.25, -0.2) is 4.39 Å². The van der Waals surface area contributed by atoms with E-state index in [2.05, 4.69) is 10.6 Å². The van der Waals surface area contributed by atoms with Crippen molar-refractivity contribution in [2.24, 2.45) is 0 Å². The van der Waals surface area contributed by atoms with Crippen LogP contribution in [0.1, 0.15) is 18.5 Å².